The van der Waals surface area contributed by atoms with Crippen LogP contribution < -0.4 is 10.2 Å². The molecule has 1 aromatic carbocycles. The van der Waals surface area contributed by atoms with Gasteiger partial charge in [0.1, 0.15) is 5.69 Å². The van der Waals surface area contributed by atoms with Crippen molar-refractivity contribution in [3.8, 4) is 0 Å². The maximum Gasteiger partial charge on any atom is 0.274 e. The quantitative estimate of drug-likeness (QED) is 0.768. The highest BCUT2D eigenvalue weighted by molar-refractivity contribution is 6.07. The number of rotatable bonds is 3. The highest BCUT2D eigenvalue weighted by Crippen LogP contribution is 2.23. The summed E-state index contributed by atoms with van der Waals surface area (Å²) in [5.74, 6) is 1.13. The first-order valence-electron chi connectivity index (χ1n) is 9.36. The van der Waals surface area contributed by atoms with Gasteiger partial charge in [-0.1, -0.05) is 25.1 Å². The van der Waals surface area contributed by atoms with Gasteiger partial charge in [0.15, 0.2) is 0 Å². The number of para-hydroxylation sites is 1. The fourth-order valence-electron chi connectivity index (χ4n) is 3.41. The van der Waals surface area contributed by atoms with Crippen LogP contribution in [-0.2, 0) is 0 Å². The molecule has 4 rings (SSSR count). The minimum Gasteiger partial charge on any atom is -0.341 e. The number of nitrogens with zero attached hydrogens (tertiary/aromatic N) is 4. The van der Waals surface area contributed by atoms with Crippen LogP contribution in [-0.4, -0.2) is 33.9 Å². The molecule has 1 aliphatic heterocycles. The molecule has 0 radical (unpaired) electrons. The number of hydrogen-bond donors (Lipinski definition) is 1. The van der Waals surface area contributed by atoms with Crippen LogP contribution in [0, 0.1) is 12.8 Å². The summed E-state index contributed by atoms with van der Waals surface area (Å²) < 4.78 is 0. The van der Waals surface area contributed by atoms with Gasteiger partial charge in [-0.15, -0.1) is 0 Å². The molecule has 0 saturated carbocycles. The predicted octanol–water partition coefficient (Wildman–Crippen LogP) is 3.82. The lowest BCUT2D eigenvalue weighted by molar-refractivity contribution is 0.102. The Labute approximate surface area is 158 Å². The van der Waals surface area contributed by atoms with Gasteiger partial charge in [-0.2, -0.15) is 0 Å². The van der Waals surface area contributed by atoms with E-state index in [-0.39, 0.29) is 5.91 Å². The monoisotopic (exact) mass is 361 g/mol. The minimum atomic E-state index is -0.245. The first kappa shape index (κ1) is 17.4. The smallest absolute Gasteiger partial charge is 0.274 e. The van der Waals surface area contributed by atoms with E-state index in [9.17, 15) is 4.79 Å². The van der Waals surface area contributed by atoms with E-state index in [1.807, 2.05) is 37.3 Å². The van der Waals surface area contributed by atoms with Crippen molar-refractivity contribution >= 4 is 28.4 Å². The lowest BCUT2D eigenvalue weighted by Gasteiger charge is -2.30. The molecule has 6 nitrogen and oxygen atoms in total. The normalized spacial score (nSPS) is 15.1. The Hall–Kier alpha value is -3.02. The Morgan fingerprint density at radius 2 is 1.93 bits per heavy atom. The molecule has 1 saturated heterocycles. The first-order chi connectivity index (χ1) is 13.1. The molecule has 1 fully saturated rings. The Morgan fingerprint density at radius 3 is 2.74 bits per heavy atom. The van der Waals surface area contributed by atoms with Crippen LogP contribution in [0.25, 0.3) is 10.9 Å². The summed E-state index contributed by atoms with van der Waals surface area (Å²) in [6.07, 6.45) is 3.98. The molecular formula is C21H23N5O. The van der Waals surface area contributed by atoms with Crippen LogP contribution in [0.1, 0.15) is 35.9 Å². The molecule has 1 aliphatic rings. The number of nitrogens with one attached hydrogen (secondary N) is 1. The zero-order chi connectivity index (χ0) is 18.8. The van der Waals surface area contributed by atoms with Crippen LogP contribution in [0.3, 0.4) is 0 Å². The average Bonchev–Trinajstić information content (AvgIpc) is 2.68. The maximum atomic E-state index is 12.8. The summed E-state index contributed by atoms with van der Waals surface area (Å²) in [4.78, 5) is 28.5. The van der Waals surface area contributed by atoms with Crippen LogP contribution >= 0.6 is 0 Å². The van der Waals surface area contributed by atoms with Crippen molar-refractivity contribution in [1.82, 2.24) is 15.0 Å². The first-order valence-corrected chi connectivity index (χ1v) is 9.36. The number of pyridine rings is 1. The number of piperidine rings is 1. The van der Waals surface area contributed by atoms with Crippen molar-refractivity contribution in [3.63, 3.8) is 0 Å². The number of hydrogen-bond acceptors (Lipinski definition) is 5. The molecular weight excluding hydrogens is 338 g/mol. The van der Waals surface area contributed by atoms with Gasteiger partial charge in [-0.3, -0.25) is 9.78 Å². The average molecular weight is 361 g/mol. The molecule has 0 spiro atoms. The molecule has 0 bridgehead atoms. The van der Waals surface area contributed by atoms with Gasteiger partial charge in [0.05, 0.1) is 11.2 Å². The number of carbonyl (C=O) groups excluding carboxylic acids is 1. The highest BCUT2D eigenvalue weighted by atomic mass is 16.1. The fourth-order valence-corrected chi connectivity index (χ4v) is 3.41. The number of aromatic nitrogens is 3. The lowest BCUT2D eigenvalue weighted by Crippen LogP contribution is -2.34. The number of carbonyl (C=O) groups is 1. The molecule has 1 N–H and O–H groups in total. The topological polar surface area (TPSA) is 71.0 Å². The van der Waals surface area contributed by atoms with Crippen LogP contribution in [0.4, 0.5) is 11.6 Å². The molecule has 3 aromatic rings. The second kappa shape index (κ2) is 7.31. The zero-order valence-electron chi connectivity index (χ0n) is 15.6. The molecule has 138 valence electrons. The summed E-state index contributed by atoms with van der Waals surface area (Å²) in [6, 6.07) is 11.3. The number of benzene rings is 1. The second-order valence-electron chi connectivity index (χ2n) is 7.20. The number of anilines is 2. The lowest BCUT2D eigenvalue weighted by atomic mass is 10.00. The molecule has 6 heteroatoms. The standard InChI is InChI=1S/C21H23N5O/c1-14-8-11-26(12-9-14)21-23-15(2)13-18(25-21)20(27)24-17-7-3-5-16-6-4-10-22-19(16)17/h3-7,10,13-14H,8-9,11-12H2,1-2H3,(H,24,27). The second-order valence-corrected chi connectivity index (χ2v) is 7.20. The SMILES string of the molecule is Cc1cc(C(=O)Nc2cccc3cccnc23)nc(N2CCC(C)CC2)n1. The molecule has 2 aromatic heterocycles. The van der Waals surface area contributed by atoms with E-state index in [0.717, 1.165) is 48.4 Å². The van der Waals surface area contributed by atoms with Crippen molar-refractivity contribution in [2.24, 2.45) is 5.92 Å². The largest absolute Gasteiger partial charge is 0.341 e. The van der Waals surface area contributed by atoms with E-state index < -0.39 is 0 Å². The van der Waals surface area contributed by atoms with Crippen LogP contribution in [0.2, 0.25) is 0 Å². The van der Waals surface area contributed by atoms with Gasteiger partial charge in [0.2, 0.25) is 5.95 Å². The fraction of sp³-hybridized carbons (Fsp3) is 0.333. The Balaban J connectivity index is 1.60. The van der Waals surface area contributed by atoms with E-state index in [2.05, 4.69) is 32.1 Å². The van der Waals surface area contributed by atoms with Crippen molar-refractivity contribution in [1.29, 1.82) is 0 Å². The summed E-state index contributed by atoms with van der Waals surface area (Å²) in [5, 5.41) is 3.94. The van der Waals surface area contributed by atoms with E-state index in [1.165, 1.54) is 0 Å². The molecule has 0 atom stereocenters. The third-order valence-electron chi connectivity index (χ3n) is 5.02. The maximum absolute atomic E-state index is 12.8. The van der Waals surface area contributed by atoms with Crippen molar-refractivity contribution in [3.05, 3.63) is 54.0 Å². The Morgan fingerprint density at radius 1 is 1.15 bits per heavy atom. The number of amides is 1. The van der Waals surface area contributed by atoms with Crippen LogP contribution in [0.15, 0.2) is 42.6 Å². The Bertz CT molecular complexity index is 974. The molecule has 1 amide bonds. The van der Waals surface area contributed by atoms with Gasteiger partial charge in [-0.05, 0) is 43.9 Å². The number of aryl methyl sites for hydroxylation is 1. The molecule has 27 heavy (non-hydrogen) atoms. The van der Waals surface area contributed by atoms with Gasteiger partial charge >= 0.3 is 0 Å². The third-order valence-corrected chi connectivity index (χ3v) is 5.02. The summed E-state index contributed by atoms with van der Waals surface area (Å²) >= 11 is 0. The van der Waals surface area contributed by atoms with Crippen molar-refractivity contribution < 1.29 is 4.79 Å². The summed E-state index contributed by atoms with van der Waals surface area (Å²) in [5.41, 5.74) is 2.62. The van der Waals surface area contributed by atoms with Crippen LogP contribution in [0.5, 0.6) is 0 Å². The van der Waals surface area contributed by atoms with Gasteiger partial charge in [0, 0.05) is 30.4 Å². The summed E-state index contributed by atoms with van der Waals surface area (Å²) in [7, 11) is 0. The van der Waals surface area contributed by atoms with Gasteiger partial charge < -0.3 is 10.2 Å². The number of fused-ring (bicyclic) bond motifs is 1. The predicted molar refractivity (Wildman–Crippen MR) is 107 cm³/mol. The zero-order valence-corrected chi connectivity index (χ0v) is 15.6. The van der Waals surface area contributed by atoms with E-state index in [1.54, 1.807) is 12.3 Å². The van der Waals surface area contributed by atoms with Crippen molar-refractivity contribution in [2.45, 2.75) is 26.7 Å². The van der Waals surface area contributed by atoms with E-state index in [4.69, 9.17) is 0 Å². The minimum absolute atomic E-state index is 0.245. The molecule has 0 aliphatic carbocycles. The molecule has 3 heterocycles. The van der Waals surface area contributed by atoms with Gasteiger partial charge in [0.25, 0.3) is 5.91 Å². The van der Waals surface area contributed by atoms with E-state index in [0.29, 0.717) is 17.3 Å². The Kier molecular flexibility index (Phi) is 4.71. The van der Waals surface area contributed by atoms with E-state index >= 15 is 0 Å². The molecule has 0 unspecified atom stereocenters. The van der Waals surface area contributed by atoms with Crippen molar-refractivity contribution in [2.75, 3.05) is 23.3 Å². The highest BCUT2D eigenvalue weighted by Gasteiger charge is 2.20. The van der Waals surface area contributed by atoms with Gasteiger partial charge in [-0.25, -0.2) is 9.97 Å². The summed E-state index contributed by atoms with van der Waals surface area (Å²) in [6.45, 7) is 6.03. The third kappa shape index (κ3) is 3.74.